The summed E-state index contributed by atoms with van der Waals surface area (Å²) >= 11 is 0. The second-order valence-corrected chi connectivity index (χ2v) is 8.87. The highest BCUT2D eigenvalue weighted by Crippen LogP contribution is 2.23. The van der Waals surface area contributed by atoms with Crippen LogP contribution in [0.25, 0.3) is 10.9 Å². The van der Waals surface area contributed by atoms with E-state index in [9.17, 15) is 13.2 Å². The lowest BCUT2D eigenvalue weighted by Crippen LogP contribution is -2.35. The summed E-state index contributed by atoms with van der Waals surface area (Å²) in [5.74, 6) is -0.234. The average Bonchev–Trinajstić information content (AvgIpc) is 3.12. The zero-order chi connectivity index (χ0) is 19.6. The number of nitrogens with one attached hydrogen (secondary N) is 2. The average molecular weight is 398 g/mol. The Balaban J connectivity index is 1.49. The first-order valence-electron chi connectivity index (χ1n) is 9.36. The quantitative estimate of drug-likeness (QED) is 0.691. The van der Waals surface area contributed by atoms with Crippen molar-refractivity contribution in [3.05, 3.63) is 54.2 Å². The molecule has 2 aromatic carbocycles. The van der Waals surface area contributed by atoms with Gasteiger partial charge in [0, 0.05) is 24.2 Å². The molecule has 0 aliphatic carbocycles. The van der Waals surface area contributed by atoms with Crippen LogP contribution in [0, 0.1) is 0 Å². The summed E-state index contributed by atoms with van der Waals surface area (Å²) in [6, 6.07) is 14.0. The topological polar surface area (TPSA) is 95.2 Å². The molecule has 0 saturated carbocycles. The Kier molecular flexibility index (Phi) is 5.15. The van der Waals surface area contributed by atoms with Crippen LogP contribution in [0.1, 0.15) is 25.0 Å². The Bertz CT molecular complexity index is 1100. The lowest BCUT2D eigenvalue weighted by Gasteiger charge is -2.26. The number of rotatable bonds is 5. The minimum absolute atomic E-state index is 0.129. The Labute approximate surface area is 163 Å². The molecule has 0 radical (unpaired) electrons. The maximum absolute atomic E-state index is 12.8. The van der Waals surface area contributed by atoms with E-state index < -0.39 is 10.0 Å². The van der Waals surface area contributed by atoms with Crippen molar-refractivity contribution in [3.63, 3.8) is 0 Å². The minimum Gasteiger partial charge on any atom is -0.326 e. The molecule has 1 saturated heterocycles. The summed E-state index contributed by atoms with van der Waals surface area (Å²) in [6.07, 6.45) is 2.95. The monoisotopic (exact) mass is 398 g/mol. The SMILES string of the molecule is O=C(Cc1[nH]nc2ccccc12)Nc1cccc(S(=O)(=O)N2CCCCC2)c1. The first-order valence-corrected chi connectivity index (χ1v) is 10.8. The Morgan fingerprint density at radius 3 is 2.68 bits per heavy atom. The third kappa shape index (κ3) is 3.79. The molecule has 1 fully saturated rings. The summed E-state index contributed by atoms with van der Waals surface area (Å²) in [4.78, 5) is 12.7. The van der Waals surface area contributed by atoms with Crippen LogP contribution in [-0.4, -0.2) is 41.9 Å². The van der Waals surface area contributed by atoms with Crippen LogP contribution in [0.2, 0.25) is 0 Å². The number of sulfonamides is 1. The number of anilines is 1. The highest BCUT2D eigenvalue weighted by Gasteiger charge is 2.26. The predicted octanol–water partition coefficient (Wildman–Crippen LogP) is 2.92. The number of hydrogen-bond donors (Lipinski definition) is 2. The van der Waals surface area contributed by atoms with Crippen molar-refractivity contribution < 1.29 is 13.2 Å². The van der Waals surface area contributed by atoms with Crippen LogP contribution < -0.4 is 5.32 Å². The molecule has 1 amide bonds. The summed E-state index contributed by atoms with van der Waals surface area (Å²) in [6.45, 7) is 1.09. The van der Waals surface area contributed by atoms with Gasteiger partial charge in [-0.15, -0.1) is 0 Å². The summed E-state index contributed by atoms with van der Waals surface area (Å²) in [5.41, 5.74) is 2.00. The fourth-order valence-electron chi connectivity index (χ4n) is 3.50. The first-order chi connectivity index (χ1) is 13.5. The second kappa shape index (κ2) is 7.73. The highest BCUT2D eigenvalue weighted by atomic mass is 32.2. The van der Waals surface area contributed by atoms with Crippen molar-refractivity contribution in [1.82, 2.24) is 14.5 Å². The van der Waals surface area contributed by atoms with E-state index in [1.807, 2.05) is 24.3 Å². The van der Waals surface area contributed by atoms with Gasteiger partial charge in [0.2, 0.25) is 15.9 Å². The fraction of sp³-hybridized carbons (Fsp3) is 0.300. The predicted molar refractivity (Wildman–Crippen MR) is 107 cm³/mol. The van der Waals surface area contributed by atoms with Gasteiger partial charge in [-0.25, -0.2) is 8.42 Å². The number of carbonyl (C=O) groups excluding carboxylic acids is 1. The lowest BCUT2D eigenvalue weighted by atomic mass is 10.1. The number of para-hydroxylation sites is 1. The number of amides is 1. The van der Waals surface area contributed by atoms with Crippen LogP contribution in [0.5, 0.6) is 0 Å². The van der Waals surface area contributed by atoms with Crippen molar-refractivity contribution in [2.24, 2.45) is 0 Å². The number of nitrogens with zero attached hydrogens (tertiary/aromatic N) is 2. The molecule has 4 rings (SSSR count). The van der Waals surface area contributed by atoms with Crippen LogP contribution in [0.3, 0.4) is 0 Å². The van der Waals surface area contributed by atoms with Crippen molar-refractivity contribution in [2.45, 2.75) is 30.6 Å². The van der Waals surface area contributed by atoms with Crippen LogP contribution >= 0.6 is 0 Å². The third-order valence-corrected chi connectivity index (χ3v) is 6.84. The number of fused-ring (bicyclic) bond motifs is 1. The molecule has 1 aliphatic rings. The Morgan fingerprint density at radius 1 is 1.07 bits per heavy atom. The van der Waals surface area contributed by atoms with Gasteiger partial charge in [-0.2, -0.15) is 9.40 Å². The molecule has 0 bridgehead atoms. The van der Waals surface area contributed by atoms with Gasteiger partial charge in [-0.3, -0.25) is 9.89 Å². The fourth-order valence-corrected chi connectivity index (χ4v) is 5.07. The third-order valence-electron chi connectivity index (χ3n) is 4.95. The van der Waals surface area contributed by atoms with E-state index in [4.69, 9.17) is 0 Å². The van der Waals surface area contributed by atoms with E-state index in [-0.39, 0.29) is 17.2 Å². The number of aromatic nitrogens is 2. The molecule has 3 aromatic rings. The second-order valence-electron chi connectivity index (χ2n) is 6.94. The van der Waals surface area contributed by atoms with Crippen molar-refractivity contribution in [1.29, 1.82) is 0 Å². The molecule has 0 spiro atoms. The molecule has 0 atom stereocenters. The van der Waals surface area contributed by atoms with Crippen LogP contribution in [0.15, 0.2) is 53.4 Å². The first kappa shape index (κ1) is 18.6. The van der Waals surface area contributed by atoms with E-state index in [2.05, 4.69) is 15.5 Å². The smallest absolute Gasteiger partial charge is 0.243 e. The molecule has 28 heavy (non-hydrogen) atoms. The zero-order valence-corrected chi connectivity index (χ0v) is 16.2. The molecule has 1 aliphatic heterocycles. The number of aromatic amines is 1. The van der Waals surface area contributed by atoms with Crippen molar-refractivity contribution in [2.75, 3.05) is 18.4 Å². The summed E-state index contributed by atoms with van der Waals surface area (Å²) in [5, 5.41) is 10.8. The molecule has 7 nitrogen and oxygen atoms in total. The lowest BCUT2D eigenvalue weighted by molar-refractivity contribution is -0.115. The molecular formula is C20H22N4O3S. The van der Waals surface area contributed by atoms with E-state index in [1.165, 1.54) is 10.4 Å². The number of benzene rings is 2. The van der Waals surface area contributed by atoms with E-state index in [1.54, 1.807) is 18.2 Å². The number of piperidine rings is 1. The van der Waals surface area contributed by atoms with Crippen LogP contribution in [0.4, 0.5) is 5.69 Å². The van der Waals surface area contributed by atoms with E-state index in [0.717, 1.165) is 35.9 Å². The summed E-state index contributed by atoms with van der Waals surface area (Å²) < 4.78 is 27.2. The van der Waals surface area contributed by atoms with Crippen LogP contribution in [-0.2, 0) is 21.2 Å². The molecule has 8 heteroatoms. The molecule has 146 valence electrons. The minimum atomic E-state index is -3.53. The van der Waals surface area contributed by atoms with Gasteiger partial charge in [0.15, 0.2) is 0 Å². The van der Waals surface area contributed by atoms with Gasteiger partial charge < -0.3 is 5.32 Å². The van der Waals surface area contributed by atoms with Gasteiger partial charge in [0.1, 0.15) is 0 Å². The molecule has 0 unspecified atom stereocenters. The molecule has 2 heterocycles. The van der Waals surface area contributed by atoms with Gasteiger partial charge in [0.05, 0.1) is 22.5 Å². The Morgan fingerprint density at radius 2 is 1.86 bits per heavy atom. The summed E-state index contributed by atoms with van der Waals surface area (Å²) in [7, 11) is -3.53. The number of hydrogen-bond acceptors (Lipinski definition) is 4. The van der Waals surface area contributed by atoms with Crippen molar-refractivity contribution in [3.8, 4) is 0 Å². The van der Waals surface area contributed by atoms with Gasteiger partial charge >= 0.3 is 0 Å². The zero-order valence-electron chi connectivity index (χ0n) is 15.4. The van der Waals surface area contributed by atoms with E-state index in [0.29, 0.717) is 18.8 Å². The molecular weight excluding hydrogens is 376 g/mol. The van der Waals surface area contributed by atoms with Gasteiger partial charge in [-0.1, -0.05) is 30.7 Å². The maximum Gasteiger partial charge on any atom is 0.243 e. The van der Waals surface area contributed by atoms with Crippen molar-refractivity contribution >= 4 is 32.5 Å². The number of H-pyrrole nitrogens is 1. The maximum atomic E-state index is 12.8. The molecule has 1 aromatic heterocycles. The number of carbonyl (C=O) groups is 1. The molecule has 2 N–H and O–H groups in total. The van der Waals surface area contributed by atoms with Gasteiger partial charge in [-0.05, 0) is 37.1 Å². The highest BCUT2D eigenvalue weighted by molar-refractivity contribution is 7.89. The standard InChI is InChI=1S/C20H22N4O3S/c25-20(14-19-17-9-2-3-10-18(17)22-23-19)21-15-7-6-8-16(13-15)28(26,27)24-11-4-1-5-12-24/h2-3,6-10,13H,1,4-5,11-12,14H2,(H,21,25)(H,22,23). The van der Waals surface area contributed by atoms with Gasteiger partial charge in [0.25, 0.3) is 0 Å². The Hall–Kier alpha value is -2.71. The normalized spacial score (nSPS) is 15.6. The van der Waals surface area contributed by atoms with E-state index >= 15 is 0 Å². The largest absolute Gasteiger partial charge is 0.326 e.